The van der Waals surface area contributed by atoms with Crippen molar-refractivity contribution in [3.05, 3.63) is 12.2 Å². The van der Waals surface area contributed by atoms with Crippen molar-refractivity contribution >= 4 is 0 Å². The van der Waals surface area contributed by atoms with Crippen molar-refractivity contribution in [3.63, 3.8) is 0 Å². The van der Waals surface area contributed by atoms with Crippen molar-refractivity contribution in [3.8, 4) is 0 Å². The Morgan fingerprint density at radius 3 is 3.13 bits per heavy atom. The van der Waals surface area contributed by atoms with Gasteiger partial charge >= 0.3 is 0 Å². The highest BCUT2D eigenvalue weighted by molar-refractivity contribution is 4.81. The largest absolute Gasteiger partial charge is 0.373 e. The molecule has 0 bridgehead atoms. The summed E-state index contributed by atoms with van der Waals surface area (Å²) in [5.74, 6) is 0.837. The molecule has 1 aromatic rings. The molecule has 2 heterocycles. The molecule has 1 aromatic heterocycles. The summed E-state index contributed by atoms with van der Waals surface area (Å²) in [6.07, 6.45) is 4.77. The van der Waals surface area contributed by atoms with Crippen LogP contribution in [0.2, 0.25) is 0 Å². The minimum Gasteiger partial charge on any atom is -0.373 e. The van der Waals surface area contributed by atoms with Crippen LogP contribution in [0.1, 0.15) is 25.6 Å². The number of nitrogens with one attached hydrogen (secondary N) is 1. The number of rotatable bonds is 4. The normalized spacial score (nSPS) is 26.0. The summed E-state index contributed by atoms with van der Waals surface area (Å²) in [7, 11) is 1.89. The number of nitrogens with zero attached hydrogens (tertiary/aromatic N) is 3. The van der Waals surface area contributed by atoms with E-state index in [1.807, 2.05) is 11.7 Å². The van der Waals surface area contributed by atoms with E-state index in [1.54, 1.807) is 6.33 Å². The summed E-state index contributed by atoms with van der Waals surface area (Å²) in [6.45, 7) is 3.66. The lowest BCUT2D eigenvalue weighted by Crippen LogP contribution is -2.17. The van der Waals surface area contributed by atoms with E-state index >= 15 is 0 Å². The molecule has 0 saturated carbocycles. The van der Waals surface area contributed by atoms with Crippen LogP contribution >= 0.6 is 0 Å². The molecule has 2 atom stereocenters. The van der Waals surface area contributed by atoms with Gasteiger partial charge in [-0.05, 0) is 26.8 Å². The van der Waals surface area contributed by atoms with Gasteiger partial charge in [0.05, 0.1) is 25.3 Å². The van der Waals surface area contributed by atoms with E-state index in [4.69, 9.17) is 4.74 Å². The van der Waals surface area contributed by atoms with Crippen LogP contribution in [0.3, 0.4) is 0 Å². The van der Waals surface area contributed by atoms with Crippen LogP contribution in [0.25, 0.3) is 0 Å². The molecule has 1 aliphatic heterocycles. The van der Waals surface area contributed by atoms with E-state index in [0.717, 1.165) is 31.8 Å². The predicted octanol–water partition coefficient (Wildman–Crippen LogP) is 0.565. The van der Waals surface area contributed by atoms with Crippen molar-refractivity contribution in [2.75, 3.05) is 7.05 Å². The smallest absolute Gasteiger partial charge is 0.164 e. The van der Waals surface area contributed by atoms with E-state index in [0.29, 0.717) is 12.2 Å². The lowest BCUT2D eigenvalue weighted by atomic mass is 10.2. The molecule has 2 unspecified atom stereocenters. The molecule has 15 heavy (non-hydrogen) atoms. The molecular formula is C10H18N4O. The van der Waals surface area contributed by atoms with E-state index in [-0.39, 0.29) is 0 Å². The Morgan fingerprint density at radius 2 is 2.47 bits per heavy atom. The van der Waals surface area contributed by atoms with Gasteiger partial charge in [0.15, 0.2) is 5.82 Å². The van der Waals surface area contributed by atoms with Crippen LogP contribution < -0.4 is 5.32 Å². The standard InChI is InChI=1S/C10H18N4O/c1-8-3-4-9(15-8)6-14-7-12-10(13-14)5-11-2/h7-9,11H,3-6H2,1-2H3. The zero-order valence-corrected chi connectivity index (χ0v) is 9.31. The zero-order chi connectivity index (χ0) is 10.7. The topological polar surface area (TPSA) is 52.0 Å². The minimum absolute atomic E-state index is 0.309. The Hall–Kier alpha value is -0.940. The number of hydrogen-bond acceptors (Lipinski definition) is 4. The zero-order valence-electron chi connectivity index (χ0n) is 9.31. The molecule has 1 aliphatic rings. The molecule has 0 spiro atoms. The Labute approximate surface area is 89.8 Å². The summed E-state index contributed by atoms with van der Waals surface area (Å²) in [4.78, 5) is 4.20. The number of aromatic nitrogens is 3. The maximum absolute atomic E-state index is 5.73. The molecule has 0 aliphatic carbocycles. The highest BCUT2D eigenvalue weighted by Crippen LogP contribution is 2.19. The van der Waals surface area contributed by atoms with Crippen LogP contribution in [0.5, 0.6) is 0 Å². The van der Waals surface area contributed by atoms with Gasteiger partial charge in [-0.15, -0.1) is 0 Å². The maximum Gasteiger partial charge on any atom is 0.164 e. The molecule has 1 N–H and O–H groups in total. The molecule has 5 nitrogen and oxygen atoms in total. The highest BCUT2D eigenvalue weighted by Gasteiger charge is 2.22. The summed E-state index contributed by atoms with van der Waals surface area (Å²) in [5, 5.41) is 7.38. The van der Waals surface area contributed by atoms with Crippen LogP contribution in [-0.4, -0.2) is 34.0 Å². The van der Waals surface area contributed by atoms with Crippen LogP contribution in [0.15, 0.2) is 6.33 Å². The fourth-order valence-electron chi connectivity index (χ4n) is 1.89. The first-order valence-corrected chi connectivity index (χ1v) is 5.46. The quantitative estimate of drug-likeness (QED) is 0.789. The Kier molecular flexibility index (Phi) is 3.33. The summed E-state index contributed by atoms with van der Waals surface area (Å²) in [5.41, 5.74) is 0. The summed E-state index contributed by atoms with van der Waals surface area (Å²) >= 11 is 0. The van der Waals surface area contributed by atoms with E-state index in [1.165, 1.54) is 0 Å². The lowest BCUT2D eigenvalue weighted by Gasteiger charge is -2.10. The molecule has 0 radical (unpaired) electrons. The van der Waals surface area contributed by atoms with E-state index in [9.17, 15) is 0 Å². The second-order valence-electron chi connectivity index (χ2n) is 4.06. The van der Waals surface area contributed by atoms with Gasteiger partial charge in [-0.25, -0.2) is 4.98 Å². The van der Waals surface area contributed by atoms with Crippen LogP contribution in [0.4, 0.5) is 0 Å². The molecule has 0 amide bonds. The van der Waals surface area contributed by atoms with Gasteiger partial charge in [-0.3, -0.25) is 4.68 Å². The summed E-state index contributed by atoms with van der Waals surface area (Å²) < 4.78 is 7.60. The third kappa shape index (κ3) is 2.76. The molecule has 5 heteroatoms. The fraction of sp³-hybridized carbons (Fsp3) is 0.800. The first-order chi connectivity index (χ1) is 7.28. The average Bonchev–Trinajstić information content (AvgIpc) is 2.78. The molecule has 2 rings (SSSR count). The Bertz CT molecular complexity index is 312. The molecule has 84 valence electrons. The molecule has 1 saturated heterocycles. The van der Waals surface area contributed by atoms with Crippen molar-refractivity contribution in [1.29, 1.82) is 0 Å². The lowest BCUT2D eigenvalue weighted by molar-refractivity contribution is 0.0436. The highest BCUT2D eigenvalue weighted by atomic mass is 16.5. The van der Waals surface area contributed by atoms with Crippen molar-refractivity contribution < 1.29 is 4.74 Å². The SMILES string of the molecule is CNCc1ncn(CC2CCC(C)O2)n1. The van der Waals surface area contributed by atoms with Gasteiger partial charge in [0.1, 0.15) is 6.33 Å². The van der Waals surface area contributed by atoms with E-state index in [2.05, 4.69) is 22.3 Å². The second-order valence-corrected chi connectivity index (χ2v) is 4.06. The van der Waals surface area contributed by atoms with Crippen LogP contribution in [0, 0.1) is 0 Å². The van der Waals surface area contributed by atoms with Gasteiger partial charge in [-0.2, -0.15) is 5.10 Å². The molecule has 0 aromatic carbocycles. The summed E-state index contributed by atoms with van der Waals surface area (Å²) in [6, 6.07) is 0. The Morgan fingerprint density at radius 1 is 1.60 bits per heavy atom. The third-order valence-corrected chi connectivity index (χ3v) is 2.63. The van der Waals surface area contributed by atoms with Gasteiger partial charge < -0.3 is 10.1 Å². The average molecular weight is 210 g/mol. The van der Waals surface area contributed by atoms with Crippen LogP contribution in [-0.2, 0) is 17.8 Å². The molecular weight excluding hydrogens is 192 g/mol. The minimum atomic E-state index is 0.309. The van der Waals surface area contributed by atoms with Crippen molar-refractivity contribution in [1.82, 2.24) is 20.1 Å². The second kappa shape index (κ2) is 4.72. The van der Waals surface area contributed by atoms with Gasteiger partial charge in [-0.1, -0.05) is 0 Å². The van der Waals surface area contributed by atoms with E-state index < -0.39 is 0 Å². The Balaban J connectivity index is 1.87. The van der Waals surface area contributed by atoms with Gasteiger partial charge in [0, 0.05) is 0 Å². The van der Waals surface area contributed by atoms with Crippen molar-refractivity contribution in [2.24, 2.45) is 0 Å². The maximum atomic E-state index is 5.73. The third-order valence-electron chi connectivity index (χ3n) is 2.63. The molecule has 1 fully saturated rings. The fourth-order valence-corrected chi connectivity index (χ4v) is 1.89. The number of hydrogen-bond donors (Lipinski definition) is 1. The predicted molar refractivity (Wildman–Crippen MR) is 56.4 cm³/mol. The van der Waals surface area contributed by atoms with Gasteiger partial charge in [0.25, 0.3) is 0 Å². The number of ether oxygens (including phenoxy) is 1. The first kappa shape index (κ1) is 10.6. The van der Waals surface area contributed by atoms with Crippen molar-refractivity contribution in [2.45, 2.75) is 45.1 Å². The monoisotopic (exact) mass is 210 g/mol. The first-order valence-electron chi connectivity index (χ1n) is 5.46. The van der Waals surface area contributed by atoms with Gasteiger partial charge in [0.2, 0.25) is 0 Å².